The Morgan fingerprint density at radius 2 is 2.35 bits per heavy atom. The molecule has 0 bridgehead atoms. The van der Waals surface area contributed by atoms with Gasteiger partial charge in [0.05, 0.1) is 24.2 Å². The molecular weight excluding hydrogens is 278 g/mol. The molecule has 0 radical (unpaired) electrons. The minimum Gasteiger partial charge on any atom is -0.338 e. The van der Waals surface area contributed by atoms with Crippen LogP contribution < -0.4 is 0 Å². The van der Waals surface area contributed by atoms with Gasteiger partial charge in [-0.15, -0.1) is 0 Å². The van der Waals surface area contributed by atoms with Crippen molar-refractivity contribution in [3.05, 3.63) is 17.7 Å². The topological polar surface area (TPSA) is 63.9 Å². The highest BCUT2D eigenvalue weighted by Crippen LogP contribution is 2.50. The second kappa shape index (κ2) is 4.15. The van der Waals surface area contributed by atoms with E-state index in [1.165, 1.54) is 6.42 Å². The van der Waals surface area contributed by atoms with Crippen LogP contribution in [0.5, 0.6) is 0 Å². The number of piperidine rings is 1. The molecule has 3 atom stereocenters. The minimum atomic E-state index is 0.145. The summed E-state index contributed by atoms with van der Waals surface area (Å²) in [4.78, 5) is 21.9. The number of hydrogen-bond donors (Lipinski definition) is 0. The van der Waals surface area contributed by atoms with E-state index in [2.05, 4.69) is 15.1 Å². The molecule has 20 heavy (non-hydrogen) atoms. The first kappa shape index (κ1) is 12.1. The van der Waals surface area contributed by atoms with Crippen molar-refractivity contribution in [3.63, 3.8) is 0 Å². The highest BCUT2D eigenvalue weighted by Gasteiger charge is 2.53. The predicted molar refractivity (Wildman–Crippen MR) is 73.1 cm³/mol. The molecule has 4 rings (SSSR count). The third kappa shape index (κ3) is 1.78. The number of halogens is 1. The lowest BCUT2D eigenvalue weighted by molar-refractivity contribution is -0.130. The Balaban J connectivity index is 1.67. The van der Waals surface area contributed by atoms with Crippen molar-refractivity contribution in [2.45, 2.75) is 25.9 Å². The van der Waals surface area contributed by atoms with Gasteiger partial charge >= 0.3 is 0 Å². The Morgan fingerprint density at radius 3 is 3.15 bits per heavy atom. The summed E-state index contributed by atoms with van der Waals surface area (Å²) in [6.07, 6.45) is 4.64. The molecule has 0 aromatic carbocycles. The van der Waals surface area contributed by atoms with Gasteiger partial charge in [-0.1, -0.05) is 0 Å². The number of nitrogens with zero attached hydrogens (tertiary/aromatic N) is 5. The average Bonchev–Trinajstić information content (AvgIpc) is 2.95. The molecule has 6 nitrogen and oxygen atoms in total. The van der Waals surface area contributed by atoms with Gasteiger partial charge in [-0.2, -0.15) is 10.1 Å². The third-order valence-corrected chi connectivity index (χ3v) is 4.60. The van der Waals surface area contributed by atoms with Crippen LogP contribution in [-0.2, 0) is 11.3 Å². The van der Waals surface area contributed by atoms with Gasteiger partial charge in [0, 0.05) is 19.7 Å². The summed E-state index contributed by atoms with van der Waals surface area (Å²) in [5.41, 5.74) is 0.734. The molecule has 1 aliphatic carbocycles. The monoisotopic (exact) mass is 291 g/mol. The second-order valence-corrected chi connectivity index (χ2v) is 5.98. The number of carbonyl (C=O) groups is 1. The van der Waals surface area contributed by atoms with Crippen LogP contribution in [0.15, 0.2) is 12.4 Å². The number of likely N-dealkylation sites (tertiary alicyclic amines) is 1. The maximum absolute atomic E-state index is 11.7. The first-order valence-corrected chi connectivity index (χ1v) is 7.12. The SMILES string of the molecule is CC(=O)N1C[C@H]2C[C@H]2[C@H]1Cn1ncc2cnc(Cl)nc21. The molecule has 1 saturated carbocycles. The molecule has 104 valence electrons. The van der Waals surface area contributed by atoms with Crippen LogP contribution in [0.3, 0.4) is 0 Å². The van der Waals surface area contributed by atoms with E-state index in [1.807, 2.05) is 9.58 Å². The quantitative estimate of drug-likeness (QED) is 0.784. The van der Waals surface area contributed by atoms with Crippen molar-refractivity contribution < 1.29 is 4.79 Å². The van der Waals surface area contributed by atoms with Crippen molar-refractivity contribution in [3.8, 4) is 0 Å². The second-order valence-electron chi connectivity index (χ2n) is 5.64. The molecule has 2 aliphatic rings. The zero-order chi connectivity index (χ0) is 13.9. The number of amides is 1. The molecule has 3 heterocycles. The maximum atomic E-state index is 11.7. The van der Waals surface area contributed by atoms with Crippen molar-refractivity contribution in [2.24, 2.45) is 11.8 Å². The van der Waals surface area contributed by atoms with Gasteiger partial charge in [-0.25, -0.2) is 9.67 Å². The predicted octanol–water partition coefficient (Wildman–Crippen LogP) is 1.35. The lowest BCUT2D eigenvalue weighted by Crippen LogP contribution is -2.39. The van der Waals surface area contributed by atoms with Crippen LogP contribution in [0.4, 0.5) is 0 Å². The van der Waals surface area contributed by atoms with Gasteiger partial charge in [0.15, 0.2) is 5.65 Å². The molecule has 2 fully saturated rings. The standard InChI is InChI=1S/C13H14ClN5O/c1-7(20)18-5-8-2-10(8)11(18)6-19-12-9(4-16-19)3-15-13(14)17-12/h3-4,8,10-11H,2,5-6H2,1H3/t8-,10-,11-/m1/s1. The largest absolute Gasteiger partial charge is 0.338 e. The summed E-state index contributed by atoms with van der Waals surface area (Å²) >= 11 is 5.85. The van der Waals surface area contributed by atoms with Gasteiger partial charge in [-0.3, -0.25) is 4.79 Å². The fourth-order valence-electron chi connectivity index (χ4n) is 3.32. The molecule has 0 N–H and O–H groups in total. The van der Waals surface area contributed by atoms with E-state index in [9.17, 15) is 4.79 Å². The van der Waals surface area contributed by atoms with Crippen LogP contribution in [0.2, 0.25) is 5.28 Å². The molecule has 2 aromatic heterocycles. The highest BCUT2D eigenvalue weighted by molar-refractivity contribution is 6.28. The number of hydrogen-bond acceptors (Lipinski definition) is 4. The molecule has 1 amide bonds. The van der Waals surface area contributed by atoms with Crippen LogP contribution in [0.25, 0.3) is 11.0 Å². The molecule has 1 saturated heterocycles. The first-order chi connectivity index (χ1) is 9.63. The Hall–Kier alpha value is -1.69. The summed E-state index contributed by atoms with van der Waals surface area (Å²) in [6, 6.07) is 0.231. The van der Waals surface area contributed by atoms with E-state index in [4.69, 9.17) is 11.6 Å². The zero-order valence-corrected chi connectivity index (χ0v) is 11.8. The Labute approximate surface area is 120 Å². The molecular formula is C13H14ClN5O. The van der Waals surface area contributed by atoms with Crippen molar-refractivity contribution in [1.82, 2.24) is 24.6 Å². The molecule has 7 heteroatoms. The fraction of sp³-hybridized carbons (Fsp3) is 0.538. The summed E-state index contributed by atoms with van der Waals surface area (Å²) < 4.78 is 1.84. The highest BCUT2D eigenvalue weighted by atomic mass is 35.5. The lowest BCUT2D eigenvalue weighted by Gasteiger charge is -2.26. The normalized spacial score (nSPS) is 27.9. The minimum absolute atomic E-state index is 0.145. The van der Waals surface area contributed by atoms with Gasteiger partial charge in [0.25, 0.3) is 0 Å². The number of aromatic nitrogens is 4. The number of fused-ring (bicyclic) bond motifs is 2. The summed E-state index contributed by atoms with van der Waals surface area (Å²) in [5, 5.41) is 5.45. The fourth-order valence-corrected chi connectivity index (χ4v) is 3.45. The van der Waals surface area contributed by atoms with E-state index in [0.717, 1.165) is 17.6 Å². The first-order valence-electron chi connectivity index (χ1n) is 6.75. The molecule has 2 aromatic rings. The van der Waals surface area contributed by atoms with Crippen LogP contribution >= 0.6 is 11.6 Å². The summed E-state index contributed by atoms with van der Waals surface area (Å²) in [6.45, 7) is 3.20. The Morgan fingerprint density at radius 1 is 1.50 bits per heavy atom. The van der Waals surface area contributed by atoms with E-state index in [1.54, 1.807) is 19.3 Å². The zero-order valence-electron chi connectivity index (χ0n) is 11.0. The molecule has 1 aliphatic heterocycles. The lowest BCUT2D eigenvalue weighted by atomic mass is 10.2. The van der Waals surface area contributed by atoms with E-state index in [0.29, 0.717) is 18.4 Å². The van der Waals surface area contributed by atoms with E-state index in [-0.39, 0.29) is 17.2 Å². The maximum Gasteiger partial charge on any atom is 0.224 e. The molecule has 0 unspecified atom stereocenters. The van der Waals surface area contributed by atoms with Gasteiger partial charge in [-0.05, 0) is 29.9 Å². The molecule has 0 spiro atoms. The van der Waals surface area contributed by atoms with Crippen molar-refractivity contribution in [1.29, 1.82) is 0 Å². The smallest absolute Gasteiger partial charge is 0.224 e. The van der Waals surface area contributed by atoms with Crippen LogP contribution in [0, 0.1) is 11.8 Å². The van der Waals surface area contributed by atoms with Crippen molar-refractivity contribution in [2.75, 3.05) is 6.54 Å². The number of carbonyl (C=O) groups excluding carboxylic acids is 1. The van der Waals surface area contributed by atoms with Gasteiger partial charge < -0.3 is 4.90 Å². The summed E-state index contributed by atoms with van der Waals surface area (Å²) in [7, 11) is 0. The van der Waals surface area contributed by atoms with E-state index >= 15 is 0 Å². The average molecular weight is 292 g/mol. The van der Waals surface area contributed by atoms with Crippen molar-refractivity contribution >= 4 is 28.5 Å². The number of rotatable bonds is 2. The summed E-state index contributed by atoms with van der Waals surface area (Å²) in [5.74, 6) is 1.45. The van der Waals surface area contributed by atoms with Gasteiger partial charge in [0.2, 0.25) is 11.2 Å². The van der Waals surface area contributed by atoms with Crippen LogP contribution in [-0.4, -0.2) is 43.1 Å². The Bertz CT molecular complexity index is 699. The van der Waals surface area contributed by atoms with Gasteiger partial charge in [0.1, 0.15) is 0 Å². The Kier molecular flexibility index (Phi) is 2.51. The third-order valence-electron chi connectivity index (χ3n) is 4.41. The van der Waals surface area contributed by atoms with E-state index < -0.39 is 0 Å². The van der Waals surface area contributed by atoms with Crippen LogP contribution in [0.1, 0.15) is 13.3 Å².